The van der Waals surface area contributed by atoms with Crippen molar-refractivity contribution in [2.75, 3.05) is 0 Å². The first-order valence-corrected chi connectivity index (χ1v) is 8.56. The maximum absolute atomic E-state index is 11.7. The third-order valence-corrected chi connectivity index (χ3v) is 3.80. The molecule has 0 bridgehead atoms. The van der Waals surface area contributed by atoms with Crippen LogP contribution in [-0.2, 0) is 11.2 Å². The zero-order valence-electron chi connectivity index (χ0n) is 15.7. The Bertz CT molecular complexity index is 393. The molecule has 0 atom stereocenters. The molecule has 0 heterocycles. The van der Waals surface area contributed by atoms with Gasteiger partial charge >= 0.3 is 35.5 Å². The summed E-state index contributed by atoms with van der Waals surface area (Å²) in [7, 11) is 0. The van der Waals surface area contributed by atoms with Gasteiger partial charge in [0, 0.05) is 6.42 Å². The molecule has 1 aromatic rings. The van der Waals surface area contributed by atoms with Crippen LogP contribution in [0.3, 0.4) is 0 Å². The van der Waals surface area contributed by atoms with Crippen molar-refractivity contribution in [2.45, 2.75) is 78.1 Å². The van der Waals surface area contributed by atoms with Crippen molar-refractivity contribution in [1.29, 1.82) is 0 Å². The molecule has 0 aliphatic rings. The first-order valence-electron chi connectivity index (χ1n) is 8.56. The standard InChI is InChI=1S/C19H30O2.Na.H/c1-3-5-6-7-8-9-10-11-12-19(20)21-18-15-13-17(4-2)14-16-18;;/h13-16H,3-12H2,1-2H3;;/q;+1;-1. The molecule has 0 amide bonds. The average molecular weight is 314 g/mol. The summed E-state index contributed by atoms with van der Waals surface area (Å²) in [5, 5.41) is 0. The van der Waals surface area contributed by atoms with Crippen molar-refractivity contribution in [3.8, 4) is 5.75 Å². The number of unbranched alkanes of at least 4 members (excludes halogenated alkanes) is 7. The smallest absolute Gasteiger partial charge is 1.00 e. The first kappa shape index (κ1) is 21.7. The van der Waals surface area contributed by atoms with Crippen LogP contribution in [0, 0.1) is 0 Å². The Morgan fingerprint density at radius 1 is 0.909 bits per heavy atom. The monoisotopic (exact) mass is 314 g/mol. The van der Waals surface area contributed by atoms with Gasteiger partial charge in [0.1, 0.15) is 5.75 Å². The van der Waals surface area contributed by atoms with Gasteiger partial charge in [-0.05, 0) is 30.5 Å². The normalized spacial score (nSPS) is 10.1. The predicted octanol–water partition coefficient (Wildman–Crippen LogP) is 2.80. The fourth-order valence-corrected chi connectivity index (χ4v) is 2.38. The number of benzene rings is 1. The van der Waals surface area contributed by atoms with Gasteiger partial charge in [0.15, 0.2) is 0 Å². The first-order chi connectivity index (χ1) is 10.3. The summed E-state index contributed by atoms with van der Waals surface area (Å²) >= 11 is 0. The number of esters is 1. The van der Waals surface area contributed by atoms with E-state index in [9.17, 15) is 4.79 Å². The minimum absolute atomic E-state index is 0. The number of hydrogen-bond acceptors (Lipinski definition) is 2. The molecule has 0 saturated carbocycles. The fourth-order valence-electron chi connectivity index (χ4n) is 2.38. The summed E-state index contributed by atoms with van der Waals surface area (Å²) in [4.78, 5) is 11.7. The molecule has 2 nitrogen and oxygen atoms in total. The molecule has 0 unspecified atom stereocenters. The van der Waals surface area contributed by atoms with E-state index in [1.807, 2.05) is 24.3 Å². The van der Waals surface area contributed by atoms with Gasteiger partial charge in [-0.3, -0.25) is 4.79 Å². The fraction of sp³-hybridized carbons (Fsp3) is 0.632. The third kappa shape index (κ3) is 10.4. The molecular weight excluding hydrogens is 283 g/mol. The Kier molecular flexibility index (Phi) is 14.1. The Hall–Kier alpha value is -0.310. The summed E-state index contributed by atoms with van der Waals surface area (Å²) in [6, 6.07) is 7.78. The van der Waals surface area contributed by atoms with Crippen molar-refractivity contribution in [2.24, 2.45) is 0 Å². The summed E-state index contributed by atoms with van der Waals surface area (Å²) in [6.07, 6.45) is 11.5. The number of hydrogen-bond donors (Lipinski definition) is 0. The van der Waals surface area contributed by atoms with Crippen molar-refractivity contribution in [3.05, 3.63) is 29.8 Å². The molecule has 1 aromatic carbocycles. The topological polar surface area (TPSA) is 26.3 Å². The van der Waals surface area contributed by atoms with Crippen LogP contribution < -0.4 is 34.3 Å². The van der Waals surface area contributed by atoms with E-state index in [0.29, 0.717) is 12.2 Å². The van der Waals surface area contributed by atoms with Crippen LogP contribution in [0.25, 0.3) is 0 Å². The molecule has 1 rings (SSSR count). The van der Waals surface area contributed by atoms with Crippen molar-refractivity contribution in [1.82, 2.24) is 0 Å². The van der Waals surface area contributed by atoms with Gasteiger partial charge in [0.05, 0.1) is 0 Å². The van der Waals surface area contributed by atoms with E-state index in [4.69, 9.17) is 4.74 Å². The summed E-state index contributed by atoms with van der Waals surface area (Å²) in [5.74, 6) is 0.557. The second-order valence-corrected chi connectivity index (χ2v) is 5.70. The maximum atomic E-state index is 11.7. The van der Waals surface area contributed by atoms with Gasteiger partial charge in [-0.2, -0.15) is 0 Å². The molecule has 0 N–H and O–H groups in total. The molecule has 0 aliphatic carbocycles. The molecule has 0 spiro atoms. The molecule has 0 radical (unpaired) electrons. The molecular formula is C19H31NaO2. The minimum atomic E-state index is -0.106. The van der Waals surface area contributed by atoms with Crippen molar-refractivity contribution < 1.29 is 40.5 Å². The second kappa shape index (κ2) is 14.3. The minimum Gasteiger partial charge on any atom is -1.00 e. The summed E-state index contributed by atoms with van der Waals surface area (Å²) in [6.45, 7) is 4.35. The van der Waals surface area contributed by atoms with E-state index in [1.54, 1.807) is 0 Å². The molecule has 0 aliphatic heterocycles. The molecule has 0 fully saturated rings. The van der Waals surface area contributed by atoms with E-state index in [0.717, 1.165) is 19.3 Å². The van der Waals surface area contributed by atoms with Crippen LogP contribution in [-0.4, -0.2) is 5.97 Å². The zero-order chi connectivity index (χ0) is 15.3. The van der Waals surface area contributed by atoms with Gasteiger partial charge in [-0.25, -0.2) is 0 Å². The number of aryl methyl sites for hydroxylation is 1. The van der Waals surface area contributed by atoms with Crippen LogP contribution >= 0.6 is 0 Å². The van der Waals surface area contributed by atoms with Crippen molar-refractivity contribution >= 4 is 5.97 Å². The Morgan fingerprint density at radius 2 is 1.45 bits per heavy atom. The van der Waals surface area contributed by atoms with Crippen LogP contribution in [0.4, 0.5) is 0 Å². The van der Waals surface area contributed by atoms with Crippen molar-refractivity contribution in [3.63, 3.8) is 0 Å². The van der Waals surface area contributed by atoms with E-state index in [1.165, 1.54) is 44.1 Å². The maximum Gasteiger partial charge on any atom is 1.00 e. The van der Waals surface area contributed by atoms with Crippen LogP contribution in [0.15, 0.2) is 24.3 Å². The predicted molar refractivity (Wildman–Crippen MR) is 89.8 cm³/mol. The van der Waals surface area contributed by atoms with E-state index < -0.39 is 0 Å². The molecule has 0 aromatic heterocycles. The van der Waals surface area contributed by atoms with Crippen LogP contribution in [0.2, 0.25) is 0 Å². The van der Waals surface area contributed by atoms with Gasteiger partial charge in [-0.15, -0.1) is 0 Å². The SMILES string of the molecule is CCCCCCCCCCC(=O)Oc1ccc(CC)cc1.[H-].[Na+]. The molecule has 0 saturated heterocycles. The van der Waals surface area contributed by atoms with Gasteiger partial charge in [-0.1, -0.05) is 70.9 Å². The summed E-state index contributed by atoms with van der Waals surface area (Å²) < 4.78 is 5.33. The largest absolute Gasteiger partial charge is 1.00 e. The van der Waals surface area contributed by atoms with Crippen LogP contribution in [0.1, 0.15) is 78.6 Å². The quantitative estimate of drug-likeness (QED) is 0.272. The van der Waals surface area contributed by atoms with E-state index in [2.05, 4.69) is 13.8 Å². The number of rotatable bonds is 11. The molecule has 120 valence electrons. The Labute approximate surface area is 159 Å². The molecule has 3 heteroatoms. The van der Waals surface area contributed by atoms with E-state index in [-0.39, 0.29) is 37.0 Å². The Morgan fingerprint density at radius 3 is 2.00 bits per heavy atom. The average Bonchev–Trinajstić information content (AvgIpc) is 2.50. The number of ether oxygens (including phenoxy) is 1. The second-order valence-electron chi connectivity index (χ2n) is 5.70. The zero-order valence-corrected chi connectivity index (χ0v) is 16.7. The van der Waals surface area contributed by atoms with Gasteiger partial charge in [0.2, 0.25) is 0 Å². The third-order valence-electron chi connectivity index (χ3n) is 3.80. The number of carbonyl (C=O) groups is 1. The number of carbonyl (C=O) groups excluding carboxylic acids is 1. The van der Waals surface area contributed by atoms with Gasteiger partial charge < -0.3 is 6.16 Å². The van der Waals surface area contributed by atoms with Crippen LogP contribution in [0.5, 0.6) is 5.75 Å². The summed E-state index contributed by atoms with van der Waals surface area (Å²) in [5.41, 5.74) is 1.26. The van der Waals surface area contributed by atoms with E-state index >= 15 is 0 Å². The Balaban J connectivity index is 0. The molecule has 22 heavy (non-hydrogen) atoms. The van der Waals surface area contributed by atoms with Gasteiger partial charge in [0.25, 0.3) is 0 Å².